The van der Waals surface area contributed by atoms with Crippen molar-refractivity contribution in [3.63, 3.8) is 0 Å². The van der Waals surface area contributed by atoms with Gasteiger partial charge in [-0.3, -0.25) is 9.59 Å². The van der Waals surface area contributed by atoms with Gasteiger partial charge in [0.2, 0.25) is 0 Å². The lowest BCUT2D eigenvalue weighted by Crippen LogP contribution is -2.22. The SMILES string of the molecule is CC(C)(C)c1ccc2c(c1)C(C(=O)Oc1ccc(-c3cc(F)c(-c4ccc(OC5c6ccccc6C(=O)c6ccccc65)cc4)c(F)c3)cc1)c1cc(C(C)(C)C)ccc1-2. The first-order valence-electron chi connectivity index (χ1n) is 20.3. The van der Waals surface area contributed by atoms with Crippen LogP contribution in [0.15, 0.2) is 146 Å². The highest BCUT2D eigenvalue weighted by Crippen LogP contribution is 2.48. The number of fused-ring (bicyclic) bond motifs is 5. The van der Waals surface area contributed by atoms with Crippen molar-refractivity contribution in [2.45, 2.75) is 64.4 Å². The van der Waals surface area contributed by atoms with Gasteiger partial charge in [-0.05, 0) is 97.3 Å². The summed E-state index contributed by atoms with van der Waals surface area (Å²) < 4.78 is 44.1. The summed E-state index contributed by atoms with van der Waals surface area (Å²) in [7, 11) is 0. The molecule has 0 fully saturated rings. The fraction of sp³-hybridized carbons (Fsp3) is 0.185. The third-order valence-corrected chi connectivity index (χ3v) is 11.8. The molecule has 7 aromatic carbocycles. The van der Waals surface area contributed by atoms with E-state index < -0.39 is 23.7 Å². The van der Waals surface area contributed by atoms with Crippen LogP contribution in [-0.4, -0.2) is 11.8 Å². The predicted molar refractivity (Wildman–Crippen MR) is 233 cm³/mol. The molecule has 0 bridgehead atoms. The molecule has 0 unspecified atom stereocenters. The standard InChI is InChI=1S/C54H44F2O4/c1-53(2,3)34-19-25-38-39-26-20-35(54(4,5)6)30-45(39)49(44(38)29-34)52(58)60-37-21-15-31(16-22-37)33-27-46(55)48(47(56)28-33)32-17-23-36(24-18-32)59-51-42-13-9-7-11-40(42)50(57)41-12-8-10-14-43(41)51/h7-30,49,51H,1-6H3. The number of halogens is 2. The van der Waals surface area contributed by atoms with Crippen LogP contribution in [0.5, 0.6) is 11.5 Å². The average Bonchev–Trinajstić information content (AvgIpc) is 3.56. The van der Waals surface area contributed by atoms with E-state index in [2.05, 4.69) is 77.9 Å². The van der Waals surface area contributed by atoms with Crippen molar-refractivity contribution in [3.05, 3.63) is 202 Å². The summed E-state index contributed by atoms with van der Waals surface area (Å²) in [5.74, 6) is -1.65. The molecular formula is C54H44F2O4. The Labute approximate surface area is 349 Å². The molecule has 0 aliphatic heterocycles. The highest BCUT2D eigenvalue weighted by atomic mass is 19.1. The summed E-state index contributed by atoms with van der Waals surface area (Å²) in [6.07, 6.45) is -0.525. The van der Waals surface area contributed by atoms with Crippen LogP contribution in [0, 0.1) is 11.6 Å². The predicted octanol–water partition coefficient (Wildman–Crippen LogP) is 13.3. The Morgan fingerprint density at radius 2 is 0.967 bits per heavy atom. The van der Waals surface area contributed by atoms with Gasteiger partial charge in [-0.1, -0.05) is 151 Å². The van der Waals surface area contributed by atoms with Crippen molar-refractivity contribution < 1.29 is 27.8 Å². The molecule has 60 heavy (non-hydrogen) atoms. The molecule has 4 nitrogen and oxygen atoms in total. The Balaban J connectivity index is 0.943. The fourth-order valence-electron chi connectivity index (χ4n) is 8.49. The van der Waals surface area contributed by atoms with Crippen molar-refractivity contribution in [2.24, 2.45) is 0 Å². The van der Waals surface area contributed by atoms with Crippen molar-refractivity contribution in [2.75, 3.05) is 0 Å². The van der Waals surface area contributed by atoms with Crippen LogP contribution in [0.2, 0.25) is 0 Å². The van der Waals surface area contributed by atoms with Gasteiger partial charge in [-0.25, -0.2) is 8.78 Å². The zero-order valence-corrected chi connectivity index (χ0v) is 34.4. The quantitative estimate of drug-likeness (QED) is 0.124. The van der Waals surface area contributed by atoms with Crippen LogP contribution in [0.4, 0.5) is 8.78 Å². The number of carbonyl (C=O) groups is 2. The van der Waals surface area contributed by atoms with Crippen molar-refractivity contribution in [1.29, 1.82) is 0 Å². The molecule has 0 spiro atoms. The molecule has 0 N–H and O–H groups in total. The van der Waals surface area contributed by atoms with Gasteiger partial charge in [0.1, 0.15) is 29.1 Å². The molecule has 0 heterocycles. The zero-order chi connectivity index (χ0) is 42.1. The summed E-state index contributed by atoms with van der Waals surface area (Å²) in [5, 5.41) is 0. The van der Waals surface area contributed by atoms with E-state index in [0.717, 1.165) is 44.5 Å². The maximum Gasteiger partial charge on any atom is 0.323 e. The summed E-state index contributed by atoms with van der Waals surface area (Å²) in [5.41, 5.74) is 9.77. The minimum absolute atomic E-state index is 0.0491. The van der Waals surface area contributed by atoms with Crippen LogP contribution in [0.25, 0.3) is 33.4 Å². The summed E-state index contributed by atoms with van der Waals surface area (Å²) >= 11 is 0. The van der Waals surface area contributed by atoms with Gasteiger partial charge in [0, 0.05) is 22.3 Å². The number of hydrogen-bond acceptors (Lipinski definition) is 4. The van der Waals surface area contributed by atoms with Gasteiger partial charge in [0.15, 0.2) is 11.9 Å². The molecule has 0 atom stereocenters. The maximum atomic E-state index is 15.8. The molecule has 298 valence electrons. The number of hydrogen-bond donors (Lipinski definition) is 0. The second-order valence-electron chi connectivity index (χ2n) is 17.8. The lowest BCUT2D eigenvalue weighted by Gasteiger charge is -2.28. The van der Waals surface area contributed by atoms with Gasteiger partial charge < -0.3 is 9.47 Å². The highest BCUT2D eigenvalue weighted by molar-refractivity contribution is 6.12. The van der Waals surface area contributed by atoms with Crippen LogP contribution >= 0.6 is 0 Å². The number of carbonyl (C=O) groups excluding carboxylic acids is 2. The molecule has 0 saturated heterocycles. The Hall–Kier alpha value is -6.66. The molecule has 2 aliphatic rings. The number of esters is 1. The second-order valence-corrected chi connectivity index (χ2v) is 17.8. The van der Waals surface area contributed by atoms with Crippen LogP contribution in [-0.2, 0) is 15.6 Å². The molecule has 0 radical (unpaired) electrons. The van der Waals surface area contributed by atoms with E-state index in [1.54, 1.807) is 60.7 Å². The summed E-state index contributed by atoms with van der Waals surface area (Å²) in [6.45, 7) is 12.9. The number of rotatable bonds is 6. The number of ether oxygens (including phenoxy) is 2. The summed E-state index contributed by atoms with van der Waals surface area (Å²) in [6, 6.07) is 43.5. The van der Waals surface area contributed by atoms with Crippen molar-refractivity contribution >= 4 is 11.8 Å². The van der Waals surface area contributed by atoms with Crippen LogP contribution in [0.3, 0.4) is 0 Å². The molecule has 2 aliphatic carbocycles. The van der Waals surface area contributed by atoms with Gasteiger partial charge in [0.05, 0.1) is 5.56 Å². The van der Waals surface area contributed by atoms with E-state index in [1.807, 2.05) is 36.4 Å². The lowest BCUT2D eigenvalue weighted by molar-refractivity contribution is -0.135. The van der Waals surface area contributed by atoms with Gasteiger partial charge in [0.25, 0.3) is 0 Å². The number of ketones is 1. The van der Waals surface area contributed by atoms with Crippen LogP contribution in [0.1, 0.15) is 103 Å². The summed E-state index contributed by atoms with van der Waals surface area (Å²) in [4.78, 5) is 27.3. The van der Waals surface area contributed by atoms with Crippen molar-refractivity contribution in [1.82, 2.24) is 0 Å². The van der Waals surface area contributed by atoms with E-state index in [4.69, 9.17) is 9.47 Å². The van der Waals surface area contributed by atoms with E-state index >= 15 is 8.78 Å². The van der Waals surface area contributed by atoms with Gasteiger partial charge in [-0.2, -0.15) is 0 Å². The Morgan fingerprint density at radius 3 is 1.47 bits per heavy atom. The van der Waals surface area contributed by atoms with Gasteiger partial charge in [-0.15, -0.1) is 0 Å². The van der Waals surface area contributed by atoms with Crippen molar-refractivity contribution in [3.8, 4) is 44.9 Å². The van der Waals surface area contributed by atoms with E-state index in [0.29, 0.717) is 39.3 Å². The smallest absolute Gasteiger partial charge is 0.323 e. The average molecular weight is 795 g/mol. The zero-order valence-electron chi connectivity index (χ0n) is 34.4. The van der Waals surface area contributed by atoms with Crippen LogP contribution < -0.4 is 9.47 Å². The molecule has 0 aromatic heterocycles. The minimum atomic E-state index is -0.717. The van der Waals surface area contributed by atoms with E-state index in [-0.39, 0.29) is 28.1 Å². The Morgan fingerprint density at radius 1 is 0.500 bits per heavy atom. The first kappa shape index (κ1) is 38.8. The minimum Gasteiger partial charge on any atom is -0.481 e. The molecule has 6 heteroatoms. The maximum absolute atomic E-state index is 15.8. The molecule has 9 rings (SSSR count). The first-order valence-corrected chi connectivity index (χ1v) is 20.3. The van der Waals surface area contributed by atoms with Gasteiger partial charge >= 0.3 is 5.97 Å². The fourth-order valence-corrected chi connectivity index (χ4v) is 8.49. The third-order valence-electron chi connectivity index (χ3n) is 11.8. The Bertz CT molecular complexity index is 2710. The third kappa shape index (κ3) is 6.90. The number of benzene rings is 7. The molecule has 0 saturated carbocycles. The highest BCUT2D eigenvalue weighted by Gasteiger charge is 2.37. The lowest BCUT2D eigenvalue weighted by atomic mass is 9.83. The second kappa shape index (κ2) is 14.6. The largest absolute Gasteiger partial charge is 0.481 e. The first-order chi connectivity index (χ1) is 28.7. The molecule has 0 amide bonds. The Kier molecular flexibility index (Phi) is 9.42. The molecule has 7 aromatic rings. The van der Waals surface area contributed by atoms with E-state index in [1.165, 1.54) is 12.1 Å². The monoisotopic (exact) mass is 794 g/mol. The normalized spacial score (nSPS) is 13.6. The van der Waals surface area contributed by atoms with E-state index in [9.17, 15) is 9.59 Å². The molecular weight excluding hydrogens is 751 g/mol. The topological polar surface area (TPSA) is 52.6 Å².